The second kappa shape index (κ2) is 4.96. The summed E-state index contributed by atoms with van der Waals surface area (Å²) in [4.78, 5) is 10.9. The molecule has 2 N–H and O–H groups in total. The summed E-state index contributed by atoms with van der Waals surface area (Å²) < 4.78 is 0. The van der Waals surface area contributed by atoms with Crippen LogP contribution in [-0.4, -0.2) is 35.3 Å². The first-order valence-corrected chi connectivity index (χ1v) is 3.70. The normalized spacial score (nSPS) is 17.5. The first-order chi connectivity index (χ1) is 4.72. The van der Waals surface area contributed by atoms with Gasteiger partial charge in [0.2, 0.25) is 0 Å². The average molecular weight is 162 g/mol. The Hall–Kier alpha value is 0.210. The summed E-state index contributed by atoms with van der Waals surface area (Å²) in [6.45, 7) is 1.59. The van der Waals surface area contributed by atoms with Gasteiger partial charge in [-0.1, -0.05) is 0 Å². The number of allylic oxidation sites excluding steroid dienone is 2. The molecule has 0 aliphatic heterocycles. The Labute approximate surface area is 89.5 Å². The first-order valence-electron chi connectivity index (χ1n) is 3.70. The van der Waals surface area contributed by atoms with Crippen molar-refractivity contribution in [3.63, 3.8) is 0 Å². The Morgan fingerprint density at radius 2 is 1.91 bits per heavy atom. The third-order valence-corrected chi connectivity index (χ3v) is 1.94. The summed E-state index contributed by atoms with van der Waals surface area (Å²) >= 11 is 0. The predicted molar refractivity (Wildman–Crippen MR) is 46.1 cm³/mol. The van der Waals surface area contributed by atoms with Crippen molar-refractivity contribution >= 4 is 35.3 Å². The maximum atomic E-state index is 10.9. The van der Waals surface area contributed by atoms with Crippen LogP contribution in [0.1, 0.15) is 32.6 Å². The molecule has 1 aliphatic carbocycles. The molecule has 0 unspecified atom stereocenters. The van der Waals surface area contributed by atoms with Crippen LogP contribution < -0.4 is 5.73 Å². The van der Waals surface area contributed by atoms with Crippen molar-refractivity contribution in [3.05, 3.63) is 11.3 Å². The van der Waals surface area contributed by atoms with E-state index in [-0.39, 0.29) is 35.3 Å². The van der Waals surface area contributed by atoms with Gasteiger partial charge in [-0.05, 0) is 32.6 Å². The largest absolute Gasteiger partial charge is 0.402 e. The van der Waals surface area contributed by atoms with Gasteiger partial charge in [-0.2, -0.15) is 0 Å². The molecular formula is C8H13NNaO. The maximum absolute atomic E-state index is 10.9. The molecule has 0 spiro atoms. The van der Waals surface area contributed by atoms with Crippen LogP contribution in [0.2, 0.25) is 0 Å². The van der Waals surface area contributed by atoms with Crippen molar-refractivity contribution in [1.29, 1.82) is 0 Å². The molecule has 57 valence electrons. The molecule has 0 aromatic rings. The van der Waals surface area contributed by atoms with Gasteiger partial charge in [0.05, 0.1) is 0 Å². The molecule has 0 heterocycles. The van der Waals surface area contributed by atoms with Gasteiger partial charge in [0.15, 0.2) is 5.78 Å². The van der Waals surface area contributed by atoms with Crippen LogP contribution >= 0.6 is 0 Å². The van der Waals surface area contributed by atoms with Crippen molar-refractivity contribution in [3.8, 4) is 0 Å². The fraction of sp³-hybridized carbons (Fsp3) is 0.625. The van der Waals surface area contributed by atoms with Crippen LogP contribution in [0.4, 0.5) is 0 Å². The molecular weight excluding hydrogens is 149 g/mol. The molecule has 0 fully saturated rings. The smallest absolute Gasteiger partial charge is 0.157 e. The molecule has 0 atom stereocenters. The van der Waals surface area contributed by atoms with Gasteiger partial charge in [-0.25, -0.2) is 0 Å². The molecule has 0 aromatic heterocycles. The zero-order chi connectivity index (χ0) is 7.56. The Bertz CT molecular complexity index is 187. The number of ketones is 1. The summed E-state index contributed by atoms with van der Waals surface area (Å²) in [5.74, 6) is 0.150. The van der Waals surface area contributed by atoms with Crippen LogP contribution in [0.25, 0.3) is 0 Å². The number of Topliss-reactive ketones (excluding diaryl/α,β-unsaturated/α-hetero) is 1. The van der Waals surface area contributed by atoms with E-state index < -0.39 is 0 Å². The molecule has 0 bridgehead atoms. The quantitative estimate of drug-likeness (QED) is 0.584. The van der Waals surface area contributed by atoms with E-state index in [0.29, 0.717) is 0 Å². The summed E-state index contributed by atoms with van der Waals surface area (Å²) in [6, 6.07) is 0. The van der Waals surface area contributed by atoms with Crippen LogP contribution in [0.5, 0.6) is 0 Å². The molecule has 1 radical (unpaired) electrons. The summed E-state index contributed by atoms with van der Waals surface area (Å²) in [5.41, 5.74) is 7.32. The van der Waals surface area contributed by atoms with E-state index in [2.05, 4.69) is 0 Å². The molecule has 11 heavy (non-hydrogen) atoms. The van der Waals surface area contributed by atoms with Gasteiger partial charge in [0, 0.05) is 40.8 Å². The second-order valence-electron chi connectivity index (χ2n) is 2.77. The number of carbonyl (C=O) groups excluding carboxylic acids is 1. The fourth-order valence-corrected chi connectivity index (χ4v) is 1.33. The molecule has 2 nitrogen and oxygen atoms in total. The standard InChI is InChI=1S/C8H13NO.Na/c1-6(10)7-4-2-3-5-8(7)9;/h2-5,9H2,1H3;. The van der Waals surface area contributed by atoms with Gasteiger partial charge in [-0.3, -0.25) is 4.79 Å². The Kier molecular flexibility index (Phi) is 5.06. The van der Waals surface area contributed by atoms with E-state index >= 15 is 0 Å². The maximum Gasteiger partial charge on any atom is 0.157 e. The van der Waals surface area contributed by atoms with Crippen LogP contribution in [0, 0.1) is 0 Å². The Morgan fingerprint density at radius 3 is 2.27 bits per heavy atom. The topological polar surface area (TPSA) is 43.1 Å². The van der Waals surface area contributed by atoms with Crippen molar-refractivity contribution in [2.45, 2.75) is 32.6 Å². The van der Waals surface area contributed by atoms with Gasteiger partial charge in [0.25, 0.3) is 0 Å². The third-order valence-electron chi connectivity index (χ3n) is 1.94. The summed E-state index contributed by atoms with van der Waals surface area (Å²) in [5, 5.41) is 0. The molecule has 1 aliphatic rings. The SMILES string of the molecule is CC(=O)C1=C(N)CCCC1.[Na]. The Balaban J connectivity index is 0.000001000. The molecule has 0 saturated carbocycles. The monoisotopic (exact) mass is 162 g/mol. The molecule has 0 saturated heterocycles. The number of nitrogens with two attached hydrogens (primary N) is 1. The number of hydrogen-bond donors (Lipinski definition) is 1. The average Bonchev–Trinajstić information content (AvgIpc) is 1.88. The van der Waals surface area contributed by atoms with Gasteiger partial charge < -0.3 is 5.73 Å². The van der Waals surface area contributed by atoms with Gasteiger partial charge in [0.1, 0.15) is 0 Å². The van der Waals surface area contributed by atoms with E-state index in [1.165, 1.54) is 0 Å². The van der Waals surface area contributed by atoms with Crippen molar-refractivity contribution in [2.75, 3.05) is 0 Å². The zero-order valence-electron chi connectivity index (χ0n) is 7.31. The second-order valence-corrected chi connectivity index (χ2v) is 2.77. The number of hydrogen-bond acceptors (Lipinski definition) is 2. The van der Waals surface area contributed by atoms with Crippen molar-refractivity contribution in [1.82, 2.24) is 0 Å². The van der Waals surface area contributed by atoms with Crippen LogP contribution in [0.3, 0.4) is 0 Å². The van der Waals surface area contributed by atoms with Crippen molar-refractivity contribution in [2.24, 2.45) is 5.73 Å². The molecule has 0 aromatic carbocycles. The van der Waals surface area contributed by atoms with E-state index in [1.807, 2.05) is 0 Å². The van der Waals surface area contributed by atoms with Crippen LogP contribution in [-0.2, 0) is 4.79 Å². The number of rotatable bonds is 1. The van der Waals surface area contributed by atoms with E-state index in [0.717, 1.165) is 37.0 Å². The minimum absolute atomic E-state index is 0. The van der Waals surface area contributed by atoms with E-state index in [9.17, 15) is 4.79 Å². The zero-order valence-corrected chi connectivity index (χ0v) is 9.31. The molecule has 3 heteroatoms. The summed E-state index contributed by atoms with van der Waals surface area (Å²) in [7, 11) is 0. The minimum atomic E-state index is 0. The van der Waals surface area contributed by atoms with Gasteiger partial charge >= 0.3 is 0 Å². The first kappa shape index (κ1) is 11.2. The van der Waals surface area contributed by atoms with Crippen molar-refractivity contribution < 1.29 is 4.79 Å². The predicted octanol–water partition coefficient (Wildman–Crippen LogP) is 0.981. The van der Waals surface area contributed by atoms with Crippen LogP contribution in [0.15, 0.2) is 11.3 Å². The van der Waals surface area contributed by atoms with Gasteiger partial charge in [-0.15, -0.1) is 0 Å². The van der Waals surface area contributed by atoms with E-state index in [4.69, 9.17) is 5.73 Å². The van der Waals surface area contributed by atoms with E-state index in [1.54, 1.807) is 6.92 Å². The fourth-order valence-electron chi connectivity index (χ4n) is 1.33. The summed E-state index contributed by atoms with van der Waals surface area (Å²) in [6.07, 6.45) is 4.06. The molecule has 0 amide bonds. The number of carbonyl (C=O) groups is 1. The Morgan fingerprint density at radius 1 is 1.36 bits per heavy atom. The third kappa shape index (κ3) is 2.97. The molecule has 1 rings (SSSR count). The minimum Gasteiger partial charge on any atom is -0.402 e.